The molecule has 1 aliphatic carbocycles. The van der Waals surface area contributed by atoms with Gasteiger partial charge in [-0.2, -0.15) is 4.39 Å². The number of hydrogen-bond acceptors (Lipinski definition) is 6. The summed E-state index contributed by atoms with van der Waals surface area (Å²) in [6.45, 7) is 0. The van der Waals surface area contributed by atoms with Crippen LogP contribution < -0.4 is 25.8 Å². The molecule has 160 valence electrons. The molecule has 1 saturated carbocycles. The number of amides is 1. The molecule has 1 aromatic heterocycles. The molecule has 1 heterocycles. The molecule has 3 aromatic rings. The standard InChI is InChI=1S/C21H19FN4O4S/c1-29-17-9-14-11(8-12(17)20(23)28)15(6-7-24-14)30-16-5-4-13(19(27)18(16)22)26-21(31)25-10-2-3-10/h4-10,27H,2-3H2,1H3,(H2,23,28)(H2,25,26,31). The number of pyridine rings is 1. The SMILES string of the molecule is COc1cc2nccc(Oc3ccc(NC(=S)NC4CC4)c(O)c3F)c2cc1C(N)=O. The number of nitrogens with one attached hydrogen (secondary N) is 2. The van der Waals surface area contributed by atoms with E-state index in [2.05, 4.69) is 15.6 Å². The fourth-order valence-electron chi connectivity index (χ4n) is 3.01. The number of phenols is 1. The van der Waals surface area contributed by atoms with Crippen LogP contribution in [0, 0.1) is 5.82 Å². The zero-order valence-corrected chi connectivity index (χ0v) is 17.3. The van der Waals surface area contributed by atoms with E-state index in [-0.39, 0.29) is 28.5 Å². The molecule has 0 radical (unpaired) electrons. The van der Waals surface area contributed by atoms with Gasteiger partial charge in [-0.15, -0.1) is 0 Å². The number of fused-ring (bicyclic) bond motifs is 1. The average Bonchev–Trinajstić information content (AvgIpc) is 3.56. The molecule has 0 saturated heterocycles. The van der Waals surface area contributed by atoms with E-state index >= 15 is 0 Å². The molecule has 31 heavy (non-hydrogen) atoms. The number of aromatic nitrogens is 1. The number of primary amides is 1. The van der Waals surface area contributed by atoms with Gasteiger partial charge in [0, 0.05) is 23.7 Å². The minimum Gasteiger partial charge on any atom is -0.503 e. The van der Waals surface area contributed by atoms with Crippen LogP contribution in [-0.2, 0) is 0 Å². The summed E-state index contributed by atoms with van der Waals surface area (Å²) in [5.41, 5.74) is 6.13. The minimum absolute atomic E-state index is 0.114. The Labute approximate surface area is 182 Å². The van der Waals surface area contributed by atoms with Gasteiger partial charge in [0.25, 0.3) is 5.91 Å². The number of nitrogens with zero attached hydrogens (tertiary/aromatic N) is 1. The Balaban J connectivity index is 1.65. The van der Waals surface area contributed by atoms with Crippen molar-refractivity contribution in [3.05, 3.63) is 47.9 Å². The van der Waals surface area contributed by atoms with Crippen LogP contribution >= 0.6 is 12.2 Å². The molecule has 10 heteroatoms. The van der Waals surface area contributed by atoms with Crippen molar-refractivity contribution < 1.29 is 23.8 Å². The molecule has 1 fully saturated rings. The number of methoxy groups -OCH3 is 1. The number of rotatable bonds is 6. The first-order chi connectivity index (χ1) is 14.9. The zero-order valence-electron chi connectivity index (χ0n) is 16.4. The predicted molar refractivity (Wildman–Crippen MR) is 117 cm³/mol. The molecular weight excluding hydrogens is 423 g/mol. The lowest BCUT2D eigenvalue weighted by Crippen LogP contribution is -2.30. The number of phenolic OH excluding ortho intramolecular Hbond substituents is 1. The number of anilines is 1. The van der Waals surface area contributed by atoms with Gasteiger partial charge in [-0.25, -0.2) is 0 Å². The van der Waals surface area contributed by atoms with Gasteiger partial charge >= 0.3 is 0 Å². The Hall–Kier alpha value is -3.66. The number of hydrogen-bond donors (Lipinski definition) is 4. The highest BCUT2D eigenvalue weighted by molar-refractivity contribution is 7.80. The highest BCUT2D eigenvalue weighted by atomic mass is 32.1. The number of aromatic hydroxyl groups is 1. The summed E-state index contributed by atoms with van der Waals surface area (Å²) < 4.78 is 25.7. The second-order valence-electron chi connectivity index (χ2n) is 6.99. The van der Waals surface area contributed by atoms with E-state index in [0.717, 1.165) is 12.8 Å². The number of carbonyl (C=O) groups excluding carboxylic acids is 1. The Morgan fingerprint density at radius 2 is 2.03 bits per heavy atom. The number of nitrogens with two attached hydrogens (primary N) is 1. The van der Waals surface area contributed by atoms with Crippen molar-refractivity contribution in [3.8, 4) is 23.0 Å². The lowest BCUT2D eigenvalue weighted by molar-refractivity contribution is 0.0997. The number of ether oxygens (including phenoxy) is 2. The first-order valence-corrected chi connectivity index (χ1v) is 9.81. The fraction of sp³-hybridized carbons (Fsp3) is 0.190. The van der Waals surface area contributed by atoms with Crippen molar-refractivity contribution in [2.75, 3.05) is 12.4 Å². The lowest BCUT2D eigenvalue weighted by Gasteiger charge is -2.15. The Bertz CT molecular complexity index is 1200. The van der Waals surface area contributed by atoms with E-state index in [1.165, 1.54) is 43.6 Å². The quantitative estimate of drug-likeness (QED) is 0.339. The van der Waals surface area contributed by atoms with Crippen molar-refractivity contribution in [1.29, 1.82) is 0 Å². The van der Waals surface area contributed by atoms with Crippen LogP contribution in [-0.4, -0.2) is 34.3 Å². The number of halogens is 1. The van der Waals surface area contributed by atoms with Crippen LogP contribution in [0.1, 0.15) is 23.2 Å². The summed E-state index contributed by atoms with van der Waals surface area (Å²) in [5.74, 6) is -2.01. The maximum Gasteiger partial charge on any atom is 0.252 e. The van der Waals surface area contributed by atoms with Crippen LogP contribution in [0.3, 0.4) is 0 Å². The van der Waals surface area contributed by atoms with Gasteiger partial charge in [0.2, 0.25) is 5.82 Å². The zero-order chi connectivity index (χ0) is 22.1. The summed E-state index contributed by atoms with van der Waals surface area (Å²) >= 11 is 5.16. The summed E-state index contributed by atoms with van der Waals surface area (Å²) in [7, 11) is 1.41. The van der Waals surface area contributed by atoms with Crippen LogP contribution in [0.5, 0.6) is 23.0 Å². The summed E-state index contributed by atoms with van der Waals surface area (Å²) in [5, 5.41) is 16.8. The molecule has 8 nitrogen and oxygen atoms in total. The predicted octanol–water partition coefficient (Wildman–Crippen LogP) is 3.43. The van der Waals surface area contributed by atoms with E-state index in [4.69, 9.17) is 27.4 Å². The molecule has 0 aliphatic heterocycles. The second-order valence-corrected chi connectivity index (χ2v) is 7.40. The molecule has 0 atom stereocenters. The van der Waals surface area contributed by atoms with Gasteiger partial charge in [-0.1, -0.05) is 0 Å². The van der Waals surface area contributed by atoms with E-state index in [9.17, 15) is 14.3 Å². The normalized spacial score (nSPS) is 13.0. The monoisotopic (exact) mass is 442 g/mol. The average molecular weight is 442 g/mol. The molecule has 0 spiro atoms. The van der Waals surface area contributed by atoms with Gasteiger partial charge in [-0.3, -0.25) is 9.78 Å². The third-order valence-corrected chi connectivity index (χ3v) is 4.97. The van der Waals surface area contributed by atoms with Gasteiger partial charge in [0.15, 0.2) is 16.6 Å². The number of thiocarbonyl (C=S) groups is 1. The van der Waals surface area contributed by atoms with Crippen molar-refractivity contribution in [2.24, 2.45) is 5.73 Å². The summed E-state index contributed by atoms with van der Waals surface area (Å²) in [4.78, 5) is 16.0. The minimum atomic E-state index is -0.965. The summed E-state index contributed by atoms with van der Waals surface area (Å²) in [6, 6.07) is 7.65. The first kappa shape index (κ1) is 20.6. The van der Waals surface area contributed by atoms with Crippen LogP contribution in [0.2, 0.25) is 0 Å². The van der Waals surface area contributed by atoms with Crippen molar-refractivity contribution in [1.82, 2.24) is 10.3 Å². The van der Waals surface area contributed by atoms with Gasteiger partial charge in [-0.05, 0) is 49.3 Å². The second kappa shape index (κ2) is 8.23. The van der Waals surface area contributed by atoms with Gasteiger partial charge in [0.05, 0.1) is 23.9 Å². The molecule has 4 rings (SSSR count). The van der Waals surface area contributed by atoms with E-state index in [1.54, 1.807) is 0 Å². The highest BCUT2D eigenvalue weighted by Gasteiger charge is 2.23. The van der Waals surface area contributed by atoms with E-state index in [1.807, 2.05) is 0 Å². The van der Waals surface area contributed by atoms with Crippen LogP contribution in [0.25, 0.3) is 10.9 Å². The third-order valence-electron chi connectivity index (χ3n) is 4.75. The maximum atomic E-state index is 14.8. The molecule has 0 bridgehead atoms. The Morgan fingerprint density at radius 1 is 1.26 bits per heavy atom. The van der Waals surface area contributed by atoms with Gasteiger partial charge < -0.3 is 30.9 Å². The van der Waals surface area contributed by atoms with Crippen molar-refractivity contribution in [3.63, 3.8) is 0 Å². The lowest BCUT2D eigenvalue weighted by atomic mass is 10.1. The van der Waals surface area contributed by atoms with Crippen molar-refractivity contribution in [2.45, 2.75) is 18.9 Å². The van der Waals surface area contributed by atoms with Crippen LogP contribution in [0.4, 0.5) is 10.1 Å². The van der Waals surface area contributed by atoms with E-state index in [0.29, 0.717) is 22.1 Å². The first-order valence-electron chi connectivity index (χ1n) is 9.40. The Kier molecular flexibility index (Phi) is 5.47. The molecule has 5 N–H and O–H groups in total. The van der Waals surface area contributed by atoms with Crippen molar-refractivity contribution >= 4 is 39.8 Å². The Morgan fingerprint density at radius 3 is 2.71 bits per heavy atom. The number of carbonyl (C=O) groups is 1. The molecule has 2 aromatic carbocycles. The third kappa shape index (κ3) is 4.29. The smallest absolute Gasteiger partial charge is 0.252 e. The topological polar surface area (TPSA) is 119 Å². The molecular formula is C21H19FN4O4S. The number of benzene rings is 2. The van der Waals surface area contributed by atoms with Crippen LogP contribution in [0.15, 0.2) is 36.5 Å². The van der Waals surface area contributed by atoms with E-state index < -0.39 is 17.5 Å². The largest absolute Gasteiger partial charge is 0.503 e. The summed E-state index contributed by atoms with van der Waals surface area (Å²) in [6.07, 6.45) is 3.52. The maximum absolute atomic E-state index is 14.8. The fourth-order valence-corrected chi connectivity index (χ4v) is 3.29. The molecule has 1 aliphatic rings. The molecule has 1 amide bonds. The molecule has 0 unspecified atom stereocenters. The highest BCUT2D eigenvalue weighted by Crippen LogP contribution is 2.38. The van der Waals surface area contributed by atoms with Gasteiger partial charge in [0.1, 0.15) is 11.5 Å².